The van der Waals surface area contributed by atoms with Gasteiger partial charge in [-0.15, -0.1) is 0 Å². The second-order valence-corrected chi connectivity index (χ2v) is 9.08. The van der Waals surface area contributed by atoms with Gasteiger partial charge in [-0.25, -0.2) is 0 Å². The predicted molar refractivity (Wildman–Crippen MR) is 101 cm³/mol. The monoisotopic (exact) mass is 366 g/mol. The van der Waals surface area contributed by atoms with Gasteiger partial charge in [0.15, 0.2) is 5.78 Å². The van der Waals surface area contributed by atoms with Gasteiger partial charge in [0.05, 0.1) is 5.02 Å². The summed E-state index contributed by atoms with van der Waals surface area (Å²) in [4.78, 5) is 12.5. The van der Waals surface area contributed by atoms with E-state index in [2.05, 4.69) is 0 Å². The Balaban J connectivity index is 2.53. The lowest BCUT2D eigenvalue weighted by atomic mass is 10.0. The maximum atomic E-state index is 12.5. The third-order valence-electron chi connectivity index (χ3n) is 3.00. The number of ketones is 1. The van der Waals surface area contributed by atoms with Gasteiger partial charge in [0.2, 0.25) is 0 Å². The van der Waals surface area contributed by atoms with Gasteiger partial charge in [0, 0.05) is 23.1 Å². The van der Waals surface area contributed by atoms with Crippen LogP contribution in [0, 0.1) is 0 Å². The first-order chi connectivity index (χ1) is 10.8. The molecular formula is C18H16Cl2O2S. The van der Waals surface area contributed by atoms with Crippen LogP contribution >= 0.6 is 23.2 Å². The largest absolute Gasteiger partial charge is 0.289 e. The quantitative estimate of drug-likeness (QED) is 0.449. The summed E-state index contributed by atoms with van der Waals surface area (Å²) in [6, 6.07) is 14.1. The van der Waals surface area contributed by atoms with Crippen LogP contribution in [-0.2, 0) is 9.52 Å². The molecule has 0 spiro atoms. The summed E-state index contributed by atoms with van der Waals surface area (Å²) in [5.41, 5.74) is 1.79. The summed E-state index contributed by atoms with van der Waals surface area (Å²) < 4.78 is 12.1. The number of benzene rings is 2. The second kappa shape index (κ2) is 7.35. The maximum absolute atomic E-state index is 12.5. The predicted octanol–water partition coefficient (Wildman–Crippen LogP) is 4.61. The highest BCUT2D eigenvalue weighted by Gasteiger charge is 2.11. The normalized spacial score (nSPS) is 12.1. The molecule has 0 saturated heterocycles. The molecule has 0 aliphatic rings. The molecule has 0 amide bonds. The van der Waals surface area contributed by atoms with Crippen molar-refractivity contribution in [2.75, 3.05) is 12.5 Å². The van der Waals surface area contributed by atoms with Gasteiger partial charge in [0.25, 0.3) is 0 Å². The molecule has 2 rings (SSSR count). The number of halogens is 2. The van der Waals surface area contributed by atoms with Crippen LogP contribution in [0.1, 0.15) is 15.9 Å². The van der Waals surface area contributed by atoms with Crippen LogP contribution in [0.3, 0.4) is 0 Å². The van der Waals surface area contributed by atoms with Crippen molar-refractivity contribution in [3.8, 4) is 0 Å². The molecule has 0 unspecified atom stereocenters. The van der Waals surface area contributed by atoms with E-state index in [0.29, 0.717) is 21.2 Å². The van der Waals surface area contributed by atoms with Crippen LogP contribution in [0.25, 0.3) is 5.57 Å². The number of carbonyl (C=O) groups excluding carboxylic acids is 1. The number of allylic oxidation sites excluding steroid dienone is 2. The van der Waals surface area contributed by atoms with E-state index in [-0.39, 0.29) is 5.78 Å². The molecule has 0 heterocycles. The van der Waals surface area contributed by atoms with E-state index < -0.39 is 9.52 Å². The van der Waals surface area contributed by atoms with Gasteiger partial charge in [-0.05, 0) is 50.3 Å². The summed E-state index contributed by atoms with van der Waals surface area (Å²) in [6.07, 6.45) is 4.71. The number of rotatable bonds is 4. The van der Waals surface area contributed by atoms with Crippen LogP contribution in [0.2, 0.25) is 10.0 Å². The Labute approximate surface area is 146 Å². The van der Waals surface area contributed by atoms with Gasteiger partial charge >= 0.3 is 0 Å². The number of carbonyl (C=O) groups is 1. The SMILES string of the molecule is CS(C)(=O)=C/C(=C\C(=O)c1ccc(Cl)cc1Cl)c1ccccc1. The Bertz CT molecular complexity index is 869. The molecule has 23 heavy (non-hydrogen) atoms. The Hall–Kier alpha value is -1.55. The molecule has 0 aliphatic heterocycles. The highest BCUT2D eigenvalue weighted by atomic mass is 35.5. The maximum Gasteiger partial charge on any atom is 0.187 e. The van der Waals surface area contributed by atoms with Crippen LogP contribution in [-0.4, -0.2) is 27.9 Å². The Morgan fingerprint density at radius 2 is 1.70 bits per heavy atom. The minimum Gasteiger partial charge on any atom is -0.289 e. The summed E-state index contributed by atoms with van der Waals surface area (Å²) in [7, 11) is -2.17. The number of hydrogen-bond acceptors (Lipinski definition) is 2. The third kappa shape index (κ3) is 5.24. The highest BCUT2D eigenvalue weighted by molar-refractivity contribution is 8.00. The van der Waals surface area contributed by atoms with Crippen molar-refractivity contribution < 1.29 is 9.00 Å². The van der Waals surface area contributed by atoms with Gasteiger partial charge in [-0.3, -0.25) is 9.00 Å². The average Bonchev–Trinajstić information content (AvgIpc) is 2.46. The first-order valence-electron chi connectivity index (χ1n) is 6.82. The first kappa shape index (κ1) is 17.8. The fraction of sp³-hybridized carbons (Fsp3) is 0.111. The molecule has 0 radical (unpaired) electrons. The van der Waals surface area contributed by atoms with Crippen molar-refractivity contribution in [3.63, 3.8) is 0 Å². The van der Waals surface area contributed by atoms with Crippen LogP contribution in [0.4, 0.5) is 0 Å². The zero-order chi connectivity index (χ0) is 17.0. The Morgan fingerprint density at radius 3 is 2.26 bits per heavy atom. The van der Waals surface area contributed by atoms with Crippen molar-refractivity contribution in [2.24, 2.45) is 0 Å². The van der Waals surface area contributed by atoms with Crippen LogP contribution in [0.15, 0.2) is 54.6 Å². The van der Waals surface area contributed by atoms with Gasteiger partial charge in [-0.2, -0.15) is 0 Å². The lowest BCUT2D eigenvalue weighted by Gasteiger charge is -2.06. The van der Waals surface area contributed by atoms with E-state index >= 15 is 0 Å². The fourth-order valence-corrected chi connectivity index (χ4v) is 3.35. The van der Waals surface area contributed by atoms with Crippen molar-refractivity contribution in [1.29, 1.82) is 0 Å². The van der Waals surface area contributed by atoms with Crippen molar-refractivity contribution in [3.05, 3.63) is 75.8 Å². The lowest BCUT2D eigenvalue weighted by Crippen LogP contribution is -2.03. The average molecular weight is 367 g/mol. The molecule has 2 nitrogen and oxygen atoms in total. The summed E-state index contributed by atoms with van der Waals surface area (Å²) in [5.74, 6) is -0.259. The van der Waals surface area contributed by atoms with Crippen molar-refractivity contribution in [2.45, 2.75) is 0 Å². The topological polar surface area (TPSA) is 34.1 Å². The van der Waals surface area contributed by atoms with Gasteiger partial charge in [0.1, 0.15) is 0 Å². The first-order valence-corrected chi connectivity index (χ1v) is 10.0. The molecule has 0 bridgehead atoms. The lowest BCUT2D eigenvalue weighted by molar-refractivity contribution is 0.104. The van der Waals surface area contributed by atoms with E-state index in [1.807, 2.05) is 30.3 Å². The smallest absolute Gasteiger partial charge is 0.187 e. The molecule has 0 aromatic heterocycles. The molecular weight excluding hydrogens is 351 g/mol. The molecule has 5 heteroatoms. The summed E-state index contributed by atoms with van der Waals surface area (Å²) >= 11 is 11.9. The minimum absolute atomic E-state index is 0.259. The second-order valence-electron chi connectivity index (χ2n) is 5.38. The van der Waals surface area contributed by atoms with E-state index in [1.165, 1.54) is 12.1 Å². The third-order valence-corrected chi connectivity index (χ3v) is 4.37. The molecule has 2 aromatic rings. The van der Waals surface area contributed by atoms with Crippen LogP contribution in [0.5, 0.6) is 0 Å². The molecule has 120 valence electrons. The Morgan fingerprint density at radius 1 is 1.04 bits per heavy atom. The summed E-state index contributed by atoms with van der Waals surface area (Å²) in [6.45, 7) is 0. The molecule has 0 saturated carbocycles. The zero-order valence-corrected chi connectivity index (χ0v) is 15.1. The van der Waals surface area contributed by atoms with E-state index in [9.17, 15) is 9.00 Å². The van der Waals surface area contributed by atoms with Crippen LogP contribution < -0.4 is 0 Å². The molecule has 2 aromatic carbocycles. The van der Waals surface area contributed by atoms with E-state index in [4.69, 9.17) is 23.2 Å². The standard InChI is InChI=1S/C18H16Cl2O2S/c1-23(2,22)12-14(13-6-4-3-5-7-13)10-18(21)16-9-8-15(19)11-17(16)20/h3-12H,1-2H3/b14-10+. The van der Waals surface area contributed by atoms with Crippen molar-refractivity contribution >= 4 is 49.4 Å². The van der Waals surface area contributed by atoms with Gasteiger partial charge < -0.3 is 0 Å². The number of hydrogen-bond donors (Lipinski definition) is 0. The minimum atomic E-state index is -2.17. The fourth-order valence-electron chi connectivity index (χ4n) is 2.03. The molecule has 0 N–H and O–H groups in total. The van der Waals surface area contributed by atoms with E-state index in [0.717, 1.165) is 5.56 Å². The van der Waals surface area contributed by atoms with E-state index in [1.54, 1.807) is 30.0 Å². The molecule has 0 aliphatic carbocycles. The zero-order valence-electron chi connectivity index (χ0n) is 12.8. The Kier molecular flexibility index (Phi) is 5.69. The van der Waals surface area contributed by atoms with Gasteiger partial charge in [-0.1, -0.05) is 53.5 Å². The summed E-state index contributed by atoms with van der Waals surface area (Å²) in [5, 5.41) is 2.37. The molecule has 0 atom stereocenters. The van der Waals surface area contributed by atoms with Crippen molar-refractivity contribution in [1.82, 2.24) is 0 Å². The molecule has 0 fully saturated rings. The highest BCUT2D eigenvalue weighted by Crippen LogP contribution is 2.23.